The Hall–Kier alpha value is -2.91. The first-order valence-electron chi connectivity index (χ1n) is 8.35. The smallest absolute Gasteiger partial charge is 0.165 e. The van der Waals surface area contributed by atoms with Gasteiger partial charge in [-0.2, -0.15) is 0 Å². The molecule has 0 radical (unpaired) electrons. The molecular formula is C23H17FOS. The number of thiophene rings is 1. The molecule has 1 heterocycles. The van der Waals surface area contributed by atoms with Crippen molar-refractivity contribution in [2.24, 2.45) is 0 Å². The summed E-state index contributed by atoms with van der Waals surface area (Å²) in [4.78, 5) is 2.22. The molecule has 4 aromatic rings. The zero-order valence-electron chi connectivity index (χ0n) is 14.3. The standard InChI is InChI=1S/C23H17FOS/c1-25-21-13-12-18(14-20(21)24)22-15-19(16-8-4-2-5-9-16)23(26-22)17-10-6-3-7-11-17/h2-15H,1H3. The van der Waals surface area contributed by atoms with E-state index in [4.69, 9.17) is 4.74 Å². The molecule has 0 aliphatic rings. The summed E-state index contributed by atoms with van der Waals surface area (Å²) < 4.78 is 19.2. The van der Waals surface area contributed by atoms with E-state index in [-0.39, 0.29) is 11.6 Å². The molecule has 128 valence electrons. The number of halogens is 1. The number of hydrogen-bond acceptors (Lipinski definition) is 2. The van der Waals surface area contributed by atoms with Gasteiger partial charge >= 0.3 is 0 Å². The Morgan fingerprint density at radius 1 is 0.731 bits per heavy atom. The maximum Gasteiger partial charge on any atom is 0.165 e. The summed E-state index contributed by atoms with van der Waals surface area (Å²) in [6.45, 7) is 0. The maximum atomic E-state index is 14.2. The van der Waals surface area contributed by atoms with Crippen molar-refractivity contribution in [1.82, 2.24) is 0 Å². The minimum absolute atomic E-state index is 0.261. The highest BCUT2D eigenvalue weighted by Gasteiger charge is 2.15. The van der Waals surface area contributed by atoms with Gasteiger partial charge in [0.05, 0.1) is 7.11 Å². The van der Waals surface area contributed by atoms with E-state index in [1.54, 1.807) is 17.4 Å². The van der Waals surface area contributed by atoms with Gasteiger partial charge in [-0.1, -0.05) is 60.7 Å². The van der Waals surface area contributed by atoms with Gasteiger partial charge in [-0.05, 0) is 41.0 Å². The molecule has 3 aromatic carbocycles. The fourth-order valence-corrected chi connectivity index (χ4v) is 4.17. The maximum absolute atomic E-state index is 14.2. The van der Waals surface area contributed by atoms with Crippen LogP contribution in [0.5, 0.6) is 5.75 Å². The highest BCUT2D eigenvalue weighted by Crippen LogP contribution is 2.43. The van der Waals surface area contributed by atoms with Crippen LogP contribution in [0.1, 0.15) is 0 Å². The van der Waals surface area contributed by atoms with Gasteiger partial charge in [0.2, 0.25) is 0 Å². The Labute approximate surface area is 156 Å². The first-order chi connectivity index (χ1) is 12.8. The van der Waals surface area contributed by atoms with E-state index >= 15 is 0 Å². The quantitative estimate of drug-likeness (QED) is 0.385. The highest BCUT2D eigenvalue weighted by atomic mass is 32.1. The molecule has 0 saturated heterocycles. The Bertz CT molecular complexity index is 966. The molecule has 0 unspecified atom stereocenters. The van der Waals surface area contributed by atoms with Crippen molar-refractivity contribution in [3.63, 3.8) is 0 Å². The summed E-state index contributed by atoms with van der Waals surface area (Å²) in [5.74, 6) is -0.0854. The van der Waals surface area contributed by atoms with Crippen LogP contribution >= 0.6 is 11.3 Å². The van der Waals surface area contributed by atoms with Crippen molar-refractivity contribution < 1.29 is 9.13 Å². The normalized spacial score (nSPS) is 10.7. The van der Waals surface area contributed by atoms with Crippen LogP contribution < -0.4 is 4.74 Å². The molecule has 1 nitrogen and oxygen atoms in total. The van der Waals surface area contributed by atoms with E-state index in [0.717, 1.165) is 27.1 Å². The minimum Gasteiger partial charge on any atom is -0.494 e. The van der Waals surface area contributed by atoms with Crippen molar-refractivity contribution in [1.29, 1.82) is 0 Å². The molecule has 0 fully saturated rings. The Balaban J connectivity index is 1.88. The van der Waals surface area contributed by atoms with Crippen LogP contribution in [0.25, 0.3) is 32.0 Å². The molecule has 0 amide bonds. The second-order valence-electron chi connectivity index (χ2n) is 5.93. The van der Waals surface area contributed by atoms with Gasteiger partial charge in [-0.15, -0.1) is 11.3 Å². The van der Waals surface area contributed by atoms with Crippen LogP contribution in [0, 0.1) is 5.82 Å². The Kier molecular flexibility index (Phi) is 4.55. The molecule has 0 aliphatic carbocycles. The first kappa shape index (κ1) is 16.6. The first-order valence-corrected chi connectivity index (χ1v) is 9.16. The van der Waals surface area contributed by atoms with Gasteiger partial charge in [-0.3, -0.25) is 0 Å². The van der Waals surface area contributed by atoms with E-state index in [1.165, 1.54) is 18.1 Å². The van der Waals surface area contributed by atoms with E-state index < -0.39 is 0 Å². The predicted molar refractivity (Wildman–Crippen MR) is 107 cm³/mol. The molecule has 4 rings (SSSR count). The van der Waals surface area contributed by atoms with Crippen LogP contribution in [-0.4, -0.2) is 7.11 Å². The van der Waals surface area contributed by atoms with Gasteiger partial charge in [-0.25, -0.2) is 4.39 Å². The molecule has 0 aliphatic heterocycles. The summed E-state index contributed by atoms with van der Waals surface area (Å²) in [7, 11) is 1.48. The third-order valence-electron chi connectivity index (χ3n) is 4.29. The lowest BCUT2D eigenvalue weighted by Crippen LogP contribution is -1.87. The number of benzene rings is 3. The number of methoxy groups -OCH3 is 1. The number of rotatable bonds is 4. The molecule has 1 aromatic heterocycles. The number of hydrogen-bond donors (Lipinski definition) is 0. The topological polar surface area (TPSA) is 9.23 Å². The molecule has 0 saturated carbocycles. The molecule has 0 bridgehead atoms. The lowest BCUT2D eigenvalue weighted by molar-refractivity contribution is 0.386. The molecule has 26 heavy (non-hydrogen) atoms. The second kappa shape index (κ2) is 7.14. The fraction of sp³-hybridized carbons (Fsp3) is 0.0435. The minimum atomic E-state index is -0.346. The fourth-order valence-electron chi connectivity index (χ4n) is 2.99. The summed E-state index contributed by atoms with van der Waals surface area (Å²) >= 11 is 1.68. The molecule has 3 heteroatoms. The average molecular weight is 360 g/mol. The summed E-state index contributed by atoms with van der Waals surface area (Å²) in [6.07, 6.45) is 0. The largest absolute Gasteiger partial charge is 0.494 e. The monoisotopic (exact) mass is 360 g/mol. The van der Waals surface area contributed by atoms with Gasteiger partial charge < -0.3 is 4.74 Å². The zero-order chi connectivity index (χ0) is 17.9. The van der Waals surface area contributed by atoms with Gasteiger partial charge in [0.1, 0.15) is 0 Å². The molecule has 0 atom stereocenters. The van der Waals surface area contributed by atoms with E-state index in [2.05, 4.69) is 30.3 Å². The van der Waals surface area contributed by atoms with Crippen LogP contribution in [0.15, 0.2) is 84.9 Å². The summed E-state index contributed by atoms with van der Waals surface area (Å²) in [5.41, 5.74) is 4.33. The van der Waals surface area contributed by atoms with Crippen LogP contribution in [0.2, 0.25) is 0 Å². The third kappa shape index (κ3) is 3.14. The summed E-state index contributed by atoms with van der Waals surface area (Å²) in [6, 6.07) is 27.9. The van der Waals surface area contributed by atoms with E-state index in [9.17, 15) is 4.39 Å². The van der Waals surface area contributed by atoms with E-state index in [1.807, 2.05) is 42.5 Å². The molecule has 0 N–H and O–H groups in total. The van der Waals surface area contributed by atoms with Crippen LogP contribution in [0.4, 0.5) is 4.39 Å². The second-order valence-corrected chi connectivity index (χ2v) is 6.99. The van der Waals surface area contributed by atoms with Crippen molar-refractivity contribution in [3.8, 4) is 37.8 Å². The van der Waals surface area contributed by atoms with Crippen molar-refractivity contribution in [2.75, 3.05) is 7.11 Å². The van der Waals surface area contributed by atoms with Crippen LogP contribution in [0.3, 0.4) is 0 Å². The lowest BCUT2D eigenvalue weighted by Gasteiger charge is -2.03. The summed E-state index contributed by atoms with van der Waals surface area (Å²) in [5, 5.41) is 0. The SMILES string of the molecule is COc1ccc(-c2cc(-c3ccccc3)c(-c3ccccc3)s2)cc1F. The highest BCUT2D eigenvalue weighted by molar-refractivity contribution is 7.19. The van der Waals surface area contributed by atoms with Gasteiger partial charge in [0, 0.05) is 15.3 Å². The third-order valence-corrected chi connectivity index (χ3v) is 5.52. The number of ether oxygens (including phenoxy) is 1. The van der Waals surface area contributed by atoms with Crippen molar-refractivity contribution in [3.05, 3.63) is 90.7 Å². The van der Waals surface area contributed by atoms with E-state index in [0.29, 0.717) is 0 Å². The predicted octanol–water partition coefficient (Wildman–Crippen LogP) is 6.90. The average Bonchev–Trinajstić information content (AvgIpc) is 3.15. The Morgan fingerprint density at radius 2 is 1.38 bits per heavy atom. The van der Waals surface area contributed by atoms with Gasteiger partial charge in [0.25, 0.3) is 0 Å². The lowest BCUT2D eigenvalue weighted by atomic mass is 10.0. The molecule has 0 spiro atoms. The van der Waals surface area contributed by atoms with Crippen LogP contribution in [-0.2, 0) is 0 Å². The molecular weight excluding hydrogens is 343 g/mol. The van der Waals surface area contributed by atoms with Crippen molar-refractivity contribution >= 4 is 11.3 Å². The van der Waals surface area contributed by atoms with Gasteiger partial charge in [0.15, 0.2) is 11.6 Å². The Morgan fingerprint density at radius 3 is 2.00 bits per heavy atom. The van der Waals surface area contributed by atoms with Crippen molar-refractivity contribution in [2.45, 2.75) is 0 Å². The zero-order valence-corrected chi connectivity index (χ0v) is 15.1.